The van der Waals surface area contributed by atoms with Crippen molar-refractivity contribution in [3.05, 3.63) is 33.1 Å². The van der Waals surface area contributed by atoms with Crippen LogP contribution in [0.2, 0.25) is 0 Å². The molecule has 0 N–H and O–H groups in total. The highest BCUT2D eigenvalue weighted by atomic mass is 79.9. The second kappa shape index (κ2) is 2.94. The van der Waals surface area contributed by atoms with Crippen molar-refractivity contribution in [3.63, 3.8) is 0 Å². The van der Waals surface area contributed by atoms with Crippen molar-refractivity contribution in [2.24, 2.45) is 0 Å². The summed E-state index contributed by atoms with van der Waals surface area (Å²) in [7, 11) is -3.21. The van der Waals surface area contributed by atoms with Gasteiger partial charge in [0, 0.05) is 9.88 Å². The minimum Gasteiger partial charge on any atom is -0.219 e. The molecule has 74 valence electrons. The number of rotatable bonds is 0. The number of sulfone groups is 1. The molecule has 0 saturated carbocycles. The predicted octanol–water partition coefficient (Wildman–Crippen LogP) is 2.91. The molecule has 0 amide bonds. The summed E-state index contributed by atoms with van der Waals surface area (Å²) >= 11 is 3.29. The maximum atomic E-state index is 11.7. The summed E-state index contributed by atoms with van der Waals surface area (Å²) < 4.78 is 24.0. The Hall–Kier alpha value is -0.610. The highest BCUT2D eigenvalue weighted by Gasteiger charge is 2.27. The zero-order valence-corrected chi connectivity index (χ0v) is 10.2. The van der Waals surface area contributed by atoms with E-state index < -0.39 is 9.84 Å². The van der Waals surface area contributed by atoms with E-state index in [1.165, 1.54) is 5.41 Å². The molecular formula is C10H9BrO2S. The van der Waals surface area contributed by atoms with E-state index >= 15 is 0 Å². The molecule has 1 heterocycles. The molecule has 1 aromatic carbocycles. The van der Waals surface area contributed by atoms with Gasteiger partial charge in [0.2, 0.25) is 9.84 Å². The lowest BCUT2D eigenvalue weighted by Crippen LogP contribution is -1.95. The number of halogens is 1. The SMILES string of the molecule is CC1=CS(=O)(=O)c2c(Br)cc(C)cc21. The molecule has 0 fully saturated rings. The van der Waals surface area contributed by atoms with Crippen molar-refractivity contribution < 1.29 is 8.42 Å². The number of aryl methyl sites for hydroxylation is 1. The first-order valence-corrected chi connectivity index (χ1v) is 6.49. The van der Waals surface area contributed by atoms with Gasteiger partial charge in [-0.2, -0.15) is 0 Å². The van der Waals surface area contributed by atoms with Crippen LogP contribution in [0, 0.1) is 6.92 Å². The smallest absolute Gasteiger partial charge is 0.201 e. The summed E-state index contributed by atoms with van der Waals surface area (Å²) in [6.07, 6.45) is 0. The van der Waals surface area contributed by atoms with Crippen molar-refractivity contribution >= 4 is 31.3 Å². The Morgan fingerprint density at radius 1 is 1.21 bits per heavy atom. The maximum Gasteiger partial charge on any atom is 0.201 e. The van der Waals surface area contributed by atoms with Crippen LogP contribution in [0.5, 0.6) is 0 Å². The van der Waals surface area contributed by atoms with Gasteiger partial charge < -0.3 is 0 Å². The van der Waals surface area contributed by atoms with Gasteiger partial charge in [-0.25, -0.2) is 8.42 Å². The van der Waals surface area contributed by atoms with Crippen molar-refractivity contribution in [2.45, 2.75) is 18.7 Å². The number of benzene rings is 1. The Labute approximate surface area is 91.7 Å². The van der Waals surface area contributed by atoms with E-state index in [1.54, 1.807) is 0 Å². The van der Waals surface area contributed by atoms with Crippen LogP contribution in [0.15, 0.2) is 26.9 Å². The molecule has 0 saturated heterocycles. The minimum absolute atomic E-state index is 0.403. The van der Waals surface area contributed by atoms with Gasteiger partial charge in [0.05, 0.1) is 4.90 Å². The molecule has 0 atom stereocenters. The highest BCUT2D eigenvalue weighted by Crippen LogP contribution is 2.38. The Kier molecular flexibility index (Phi) is 2.08. The van der Waals surface area contributed by atoms with Crippen molar-refractivity contribution in [3.8, 4) is 0 Å². The molecule has 0 aliphatic carbocycles. The van der Waals surface area contributed by atoms with Crippen molar-refractivity contribution in [1.29, 1.82) is 0 Å². The minimum atomic E-state index is -3.21. The fourth-order valence-corrected chi connectivity index (χ4v) is 4.49. The lowest BCUT2D eigenvalue weighted by atomic mass is 10.1. The zero-order chi connectivity index (χ0) is 10.5. The second-order valence-corrected chi connectivity index (χ2v) is 6.06. The molecule has 2 nitrogen and oxygen atoms in total. The molecule has 0 unspecified atom stereocenters. The van der Waals surface area contributed by atoms with Crippen LogP contribution in [-0.4, -0.2) is 8.42 Å². The van der Waals surface area contributed by atoms with Crippen LogP contribution in [0.4, 0.5) is 0 Å². The Morgan fingerprint density at radius 3 is 2.50 bits per heavy atom. The summed E-state index contributed by atoms with van der Waals surface area (Å²) in [5.41, 5.74) is 2.68. The van der Waals surface area contributed by atoms with E-state index in [1.807, 2.05) is 26.0 Å². The largest absolute Gasteiger partial charge is 0.219 e. The molecule has 2 rings (SSSR count). The summed E-state index contributed by atoms with van der Waals surface area (Å²) in [4.78, 5) is 0.403. The van der Waals surface area contributed by atoms with E-state index in [9.17, 15) is 8.42 Å². The van der Waals surface area contributed by atoms with E-state index in [0.29, 0.717) is 9.37 Å². The van der Waals surface area contributed by atoms with E-state index in [4.69, 9.17) is 0 Å². The number of allylic oxidation sites excluding steroid dienone is 1. The first-order valence-electron chi connectivity index (χ1n) is 4.16. The maximum absolute atomic E-state index is 11.7. The Morgan fingerprint density at radius 2 is 1.86 bits per heavy atom. The van der Waals surface area contributed by atoms with Gasteiger partial charge in [-0.3, -0.25) is 0 Å². The lowest BCUT2D eigenvalue weighted by Gasteiger charge is -2.04. The average Bonchev–Trinajstić information content (AvgIpc) is 2.21. The Balaban J connectivity index is 2.90. The van der Waals surface area contributed by atoms with E-state index in [0.717, 1.165) is 16.7 Å². The third-order valence-electron chi connectivity index (χ3n) is 2.23. The number of hydrogen-bond acceptors (Lipinski definition) is 2. The average molecular weight is 273 g/mol. The topological polar surface area (TPSA) is 34.1 Å². The highest BCUT2D eigenvalue weighted by molar-refractivity contribution is 9.10. The first kappa shape index (κ1) is 9.93. The second-order valence-electron chi connectivity index (χ2n) is 3.47. The third kappa shape index (κ3) is 1.33. The molecular weight excluding hydrogens is 264 g/mol. The Bertz CT molecular complexity index is 541. The van der Waals surface area contributed by atoms with Gasteiger partial charge in [0.25, 0.3) is 0 Å². The molecule has 0 radical (unpaired) electrons. The lowest BCUT2D eigenvalue weighted by molar-refractivity contribution is 0.605. The van der Waals surface area contributed by atoms with E-state index in [-0.39, 0.29) is 0 Å². The molecule has 0 aromatic heterocycles. The fraction of sp³-hybridized carbons (Fsp3) is 0.200. The molecule has 14 heavy (non-hydrogen) atoms. The molecule has 1 aliphatic rings. The van der Waals surface area contributed by atoms with Crippen LogP contribution in [0.3, 0.4) is 0 Å². The quantitative estimate of drug-likeness (QED) is 0.728. The van der Waals surface area contributed by atoms with Gasteiger partial charge in [-0.05, 0) is 52.5 Å². The van der Waals surface area contributed by atoms with Crippen LogP contribution in [-0.2, 0) is 9.84 Å². The van der Waals surface area contributed by atoms with Gasteiger partial charge in [-0.1, -0.05) is 6.07 Å². The molecule has 1 aliphatic heterocycles. The standard InChI is InChI=1S/C10H9BrO2S/c1-6-3-8-7(2)5-14(12,13)10(8)9(11)4-6/h3-5H,1-2H3. The van der Waals surface area contributed by atoms with Crippen LogP contribution < -0.4 is 0 Å². The zero-order valence-electron chi connectivity index (χ0n) is 7.83. The third-order valence-corrected chi connectivity index (χ3v) is 4.79. The van der Waals surface area contributed by atoms with E-state index in [2.05, 4.69) is 15.9 Å². The molecule has 0 spiro atoms. The van der Waals surface area contributed by atoms with Crippen molar-refractivity contribution in [1.82, 2.24) is 0 Å². The number of hydrogen-bond donors (Lipinski definition) is 0. The summed E-state index contributed by atoms with van der Waals surface area (Å²) in [5, 5.41) is 1.32. The summed E-state index contributed by atoms with van der Waals surface area (Å²) in [6, 6.07) is 3.72. The monoisotopic (exact) mass is 272 g/mol. The van der Waals surface area contributed by atoms with Crippen molar-refractivity contribution in [2.75, 3.05) is 0 Å². The first-order chi connectivity index (χ1) is 6.42. The molecule has 4 heteroatoms. The van der Waals surface area contributed by atoms with Crippen LogP contribution in [0.1, 0.15) is 18.1 Å². The van der Waals surface area contributed by atoms with Gasteiger partial charge >= 0.3 is 0 Å². The number of fused-ring (bicyclic) bond motifs is 1. The molecule has 1 aromatic rings. The van der Waals surface area contributed by atoms with Gasteiger partial charge in [-0.15, -0.1) is 0 Å². The summed E-state index contributed by atoms with van der Waals surface area (Å²) in [6.45, 7) is 3.76. The normalized spacial score (nSPS) is 17.8. The molecule has 0 bridgehead atoms. The van der Waals surface area contributed by atoms with Crippen LogP contribution in [0.25, 0.3) is 5.57 Å². The van der Waals surface area contributed by atoms with Crippen LogP contribution >= 0.6 is 15.9 Å². The van der Waals surface area contributed by atoms with Gasteiger partial charge in [0.15, 0.2) is 0 Å². The predicted molar refractivity (Wildman–Crippen MR) is 59.7 cm³/mol. The fourth-order valence-electron chi connectivity index (χ4n) is 1.67. The van der Waals surface area contributed by atoms with Gasteiger partial charge in [0.1, 0.15) is 0 Å². The summed E-state index contributed by atoms with van der Waals surface area (Å²) in [5.74, 6) is 0.